The molecule has 7 nitrogen and oxygen atoms in total. The summed E-state index contributed by atoms with van der Waals surface area (Å²) in [4.78, 5) is 26.4. The maximum Gasteiger partial charge on any atom is 0.410 e. The van der Waals surface area contributed by atoms with Gasteiger partial charge in [-0.15, -0.1) is 0 Å². The lowest BCUT2D eigenvalue weighted by Crippen LogP contribution is -2.46. The zero-order valence-electron chi connectivity index (χ0n) is 19.4. The number of carbonyl (C=O) groups is 2. The number of rotatable bonds is 7. The summed E-state index contributed by atoms with van der Waals surface area (Å²) in [6.45, 7) is 8.59. The largest absolute Gasteiger partial charge is 0.488 e. The fraction of sp³-hybridized carbons (Fsp3) is 0.440. The summed E-state index contributed by atoms with van der Waals surface area (Å²) in [6, 6.07) is 12.8. The first kappa shape index (κ1) is 24.9. The van der Waals surface area contributed by atoms with Crippen LogP contribution in [0.3, 0.4) is 0 Å². The van der Waals surface area contributed by atoms with Crippen LogP contribution in [-0.4, -0.2) is 48.7 Å². The van der Waals surface area contributed by atoms with Crippen molar-refractivity contribution in [2.75, 3.05) is 26.2 Å². The van der Waals surface area contributed by atoms with E-state index in [1.165, 1.54) is 0 Å². The van der Waals surface area contributed by atoms with Crippen molar-refractivity contribution in [3.8, 4) is 5.75 Å². The van der Waals surface area contributed by atoms with Crippen molar-refractivity contribution in [1.82, 2.24) is 10.2 Å². The van der Waals surface area contributed by atoms with Crippen LogP contribution in [0.2, 0.25) is 5.02 Å². The number of halogens is 1. The molecule has 0 unspecified atom stereocenters. The summed E-state index contributed by atoms with van der Waals surface area (Å²) in [5, 5.41) is 3.87. The highest BCUT2D eigenvalue weighted by molar-refractivity contribution is 6.30. The molecular formula is C25H31ClN2O5. The summed E-state index contributed by atoms with van der Waals surface area (Å²) < 4.78 is 17.0. The molecule has 33 heavy (non-hydrogen) atoms. The van der Waals surface area contributed by atoms with Crippen LogP contribution in [0.4, 0.5) is 4.79 Å². The van der Waals surface area contributed by atoms with E-state index >= 15 is 0 Å². The highest BCUT2D eigenvalue weighted by Crippen LogP contribution is 2.24. The summed E-state index contributed by atoms with van der Waals surface area (Å²) in [6.07, 6.45) is -0.245. The Morgan fingerprint density at radius 1 is 1.00 bits per heavy atom. The summed E-state index contributed by atoms with van der Waals surface area (Å²) >= 11 is 5.95. The molecule has 8 heteroatoms. The predicted molar refractivity (Wildman–Crippen MR) is 126 cm³/mol. The molecule has 1 heterocycles. The molecule has 1 amide bonds. The molecule has 1 fully saturated rings. The van der Waals surface area contributed by atoms with Crippen molar-refractivity contribution < 1.29 is 23.8 Å². The number of nitrogens with one attached hydrogen (secondary N) is 1. The Balaban J connectivity index is 1.71. The van der Waals surface area contributed by atoms with Gasteiger partial charge in [0.25, 0.3) is 0 Å². The molecule has 0 saturated carbocycles. The number of hydrogen-bond acceptors (Lipinski definition) is 6. The first-order valence-electron chi connectivity index (χ1n) is 11.0. The average molecular weight is 475 g/mol. The SMILES string of the molecule is CC(C)(C)OC(=O)Cc1ccc(OCc2ccc(Cl)cc2)c(COC(=O)N2CCNCC2)c1. The van der Waals surface area contributed by atoms with E-state index in [-0.39, 0.29) is 25.1 Å². The molecule has 1 aliphatic rings. The highest BCUT2D eigenvalue weighted by Gasteiger charge is 2.20. The number of amides is 1. The normalized spacial score (nSPS) is 14.0. The van der Waals surface area contributed by atoms with Gasteiger partial charge in [0.1, 0.15) is 24.6 Å². The van der Waals surface area contributed by atoms with Gasteiger partial charge in [-0.1, -0.05) is 29.8 Å². The van der Waals surface area contributed by atoms with Gasteiger partial charge in [-0.2, -0.15) is 0 Å². The van der Waals surface area contributed by atoms with Gasteiger partial charge < -0.3 is 24.4 Å². The van der Waals surface area contributed by atoms with E-state index in [2.05, 4.69) is 5.32 Å². The van der Waals surface area contributed by atoms with Crippen molar-refractivity contribution in [1.29, 1.82) is 0 Å². The number of hydrogen-bond donors (Lipinski definition) is 1. The molecule has 0 radical (unpaired) electrons. The van der Waals surface area contributed by atoms with Gasteiger partial charge in [-0.25, -0.2) is 4.79 Å². The monoisotopic (exact) mass is 474 g/mol. The fourth-order valence-electron chi connectivity index (χ4n) is 3.36. The van der Waals surface area contributed by atoms with Crippen molar-refractivity contribution >= 4 is 23.7 Å². The van der Waals surface area contributed by atoms with Gasteiger partial charge in [-0.05, 0) is 56.2 Å². The third kappa shape index (κ3) is 8.26. The summed E-state index contributed by atoms with van der Waals surface area (Å²) in [5.41, 5.74) is 1.85. The van der Waals surface area contributed by atoms with Gasteiger partial charge in [-0.3, -0.25) is 4.79 Å². The van der Waals surface area contributed by atoms with Gasteiger partial charge in [0.05, 0.1) is 6.42 Å². The van der Waals surface area contributed by atoms with E-state index in [1.807, 2.05) is 45.0 Å². The molecule has 1 aliphatic heterocycles. The summed E-state index contributed by atoms with van der Waals surface area (Å²) in [5.74, 6) is 0.270. The molecule has 1 N–H and O–H groups in total. The van der Waals surface area contributed by atoms with Crippen LogP contribution in [0.1, 0.15) is 37.5 Å². The van der Waals surface area contributed by atoms with E-state index in [1.54, 1.807) is 23.1 Å². The molecule has 0 atom stereocenters. The number of ether oxygens (including phenoxy) is 3. The van der Waals surface area contributed by atoms with Crippen LogP contribution in [0.25, 0.3) is 0 Å². The van der Waals surface area contributed by atoms with Crippen molar-refractivity contribution in [2.24, 2.45) is 0 Å². The molecule has 0 spiro atoms. The Morgan fingerprint density at radius 3 is 2.33 bits per heavy atom. The summed E-state index contributed by atoms with van der Waals surface area (Å²) in [7, 11) is 0. The van der Waals surface area contributed by atoms with E-state index < -0.39 is 5.60 Å². The van der Waals surface area contributed by atoms with Crippen LogP contribution in [-0.2, 0) is 33.9 Å². The lowest BCUT2D eigenvalue weighted by atomic mass is 10.1. The van der Waals surface area contributed by atoms with Crippen molar-refractivity contribution in [3.05, 3.63) is 64.2 Å². The number of carbonyl (C=O) groups excluding carboxylic acids is 2. The minimum atomic E-state index is -0.555. The molecule has 0 aromatic heterocycles. The maximum absolute atomic E-state index is 12.5. The first-order valence-corrected chi connectivity index (χ1v) is 11.4. The molecule has 2 aromatic carbocycles. The van der Waals surface area contributed by atoms with E-state index in [4.69, 9.17) is 25.8 Å². The van der Waals surface area contributed by atoms with Crippen LogP contribution in [0.5, 0.6) is 5.75 Å². The van der Waals surface area contributed by atoms with Crippen LogP contribution in [0.15, 0.2) is 42.5 Å². The minimum Gasteiger partial charge on any atom is -0.488 e. The predicted octanol–water partition coefficient (Wildman–Crippen LogP) is 4.35. The van der Waals surface area contributed by atoms with E-state index in [0.717, 1.165) is 24.2 Å². The van der Waals surface area contributed by atoms with Gasteiger partial charge in [0.15, 0.2) is 0 Å². The highest BCUT2D eigenvalue weighted by atomic mass is 35.5. The zero-order chi connectivity index (χ0) is 23.8. The Morgan fingerprint density at radius 2 is 1.67 bits per heavy atom. The second-order valence-electron chi connectivity index (χ2n) is 8.91. The quantitative estimate of drug-likeness (QED) is 0.601. The topological polar surface area (TPSA) is 77.1 Å². The average Bonchev–Trinajstić information content (AvgIpc) is 2.77. The minimum absolute atomic E-state index is 0.0425. The molecule has 0 aliphatic carbocycles. The Kier molecular flexibility index (Phi) is 8.58. The van der Waals surface area contributed by atoms with Crippen molar-refractivity contribution in [3.63, 3.8) is 0 Å². The second-order valence-corrected chi connectivity index (χ2v) is 9.35. The Labute approximate surface area is 200 Å². The maximum atomic E-state index is 12.5. The first-order chi connectivity index (χ1) is 15.7. The molecular weight excluding hydrogens is 444 g/mol. The van der Waals surface area contributed by atoms with Gasteiger partial charge in [0.2, 0.25) is 0 Å². The van der Waals surface area contributed by atoms with Crippen LogP contribution >= 0.6 is 11.6 Å². The molecule has 0 bridgehead atoms. The van der Waals surface area contributed by atoms with Gasteiger partial charge in [0, 0.05) is 36.8 Å². The Hall–Kier alpha value is -2.77. The van der Waals surface area contributed by atoms with E-state index in [9.17, 15) is 9.59 Å². The smallest absolute Gasteiger partial charge is 0.410 e. The molecule has 1 saturated heterocycles. The lowest BCUT2D eigenvalue weighted by molar-refractivity contribution is -0.153. The standard InChI is InChI=1S/C25H31ClN2O5/c1-25(2,3)33-23(29)15-19-6-9-22(31-16-18-4-7-21(26)8-5-18)20(14-19)17-32-24(30)28-12-10-27-11-13-28/h4-9,14,27H,10-13,15-17H2,1-3H3. The van der Waals surface area contributed by atoms with Crippen LogP contribution < -0.4 is 10.1 Å². The van der Waals surface area contributed by atoms with E-state index in [0.29, 0.717) is 36.0 Å². The molecule has 2 aromatic rings. The fourth-order valence-corrected chi connectivity index (χ4v) is 3.49. The van der Waals surface area contributed by atoms with Gasteiger partial charge >= 0.3 is 12.1 Å². The molecule has 3 rings (SSSR count). The number of esters is 1. The number of nitrogens with zero attached hydrogens (tertiary/aromatic N) is 1. The second kappa shape index (κ2) is 11.4. The number of piperazine rings is 1. The third-order valence-corrected chi connectivity index (χ3v) is 5.18. The van der Waals surface area contributed by atoms with Crippen LogP contribution in [0, 0.1) is 0 Å². The lowest BCUT2D eigenvalue weighted by Gasteiger charge is -2.26. The Bertz CT molecular complexity index is 950. The number of benzene rings is 2. The zero-order valence-corrected chi connectivity index (χ0v) is 20.1. The third-order valence-electron chi connectivity index (χ3n) is 4.93. The molecule has 178 valence electrons. The van der Waals surface area contributed by atoms with Crippen molar-refractivity contribution in [2.45, 2.75) is 46.0 Å².